The number of hydrogen-bond acceptors (Lipinski definition) is 3. The zero-order valence-electron chi connectivity index (χ0n) is 15.0. The van der Waals surface area contributed by atoms with Crippen LogP contribution in [0.4, 0.5) is 38.0 Å². The van der Waals surface area contributed by atoms with Gasteiger partial charge < -0.3 is 15.3 Å². The number of anilines is 2. The topological polar surface area (TPSA) is 48.9 Å². The zero-order valence-corrected chi connectivity index (χ0v) is 15.0. The van der Waals surface area contributed by atoms with E-state index >= 15 is 0 Å². The van der Waals surface area contributed by atoms with E-state index < -0.39 is 29.2 Å². The van der Waals surface area contributed by atoms with Crippen LogP contribution in [0.1, 0.15) is 5.56 Å². The normalized spacial score (nSPS) is 12.1. The van der Waals surface area contributed by atoms with Crippen molar-refractivity contribution in [1.82, 2.24) is 14.6 Å². The molecule has 2 N–H and O–H groups in total. The molecule has 0 aliphatic heterocycles. The molecule has 11 heteroatoms. The molecule has 0 bridgehead atoms. The average Bonchev–Trinajstić information content (AvgIpc) is 3.18. The van der Waals surface area contributed by atoms with Crippen molar-refractivity contribution in [3.63, 3.8) is 0 Å². The Balaban J connectivity index is 1.90. The number of aromatic amines is 1. The summed E-state index contributed by atoms with van der Waals surface area (Å²) in [5.41, 5.74) is -1.08. The van der Waals surface area contributed by atoms with Gasteiger partial charge in [0.2, 0.25) is 5.95 Å². The van der Waals surface area contributed by atoms with E-state index in [0.717, 1.165) is 12.1 Å². The first-order chi connectivity index (χ1) is 13.6. The third-order valence-electron chi connectivity index (χ3n) is 4.41. The van der Waals surface area contributed by atoms with Crippen molar-refractivity contribution in [3.05, 3.63) is 53.5 Å². The minimum absolute atomic E-state index is 0.00622. The highest BCUT2D eigenvalue weighted by atomic mass is 19.4. The number of nitrogens with one attached hydrogen (secondary N) is 2. The first kappa shape index (κ1) is 19.0. The number of alkyl halides is 3. The van der Waals surface area contributed by atoms with E-state index in [4.69, 9.17) is 0 Å². The van der Waals surface area contributed by atoms with Crippen molar-refractivity contribution in [1.29, 1.82) is 0 Å². The fraction of sp³-hybridized carbons (Fsp3) is 0.167. The van der Waals surface area contributed by atoms with Gasteiger partial charge in [0.15, 0.2) is 11.6 Å². The Hall–Kier alpha value is -3.37. The van der Waals surface area contributed by atoms with Crippen molar-refractivity contribution >= 4 is 33.6 Å². The molecule has 0 radical (unpaired) electrons. The van der Waals surface area contributed by atoms with Crippen LogP contribution < -0.4 is 10.3 Å². The maximum atomic E-state index is 14.2. The van der Waals surface area contributed by atoms with Crippen LogP contribution in [0, 0.1) is 17.5 Å². The van der Waals surface area contributed by atoms with Crippen LogP contribution in [0.3, 0.4) is 0 Å². The number of H-pyrrole nitrogens is 1. The zero-order chi connectivity index (χ0) is 21.1. The van der Waals surface area contributed by atoms with Gasteiger partial charge in [-0.1, -0.05) is 0 Å². The lowest BCUT2D eigenvalue weighted by atomic mass is 10.2. The third-order valence-corrected chi connectivity index (χ3v) is 4.41. The summed E-state index contributed by atoms with van der Waals surface area (Å²) in [7, 11) is 3.13. The molecule has 5 nitrogen and oxygen atoms in total. The highest BCUT2D eigenvalue weighted by Crippen LogP contribution is 2.35. The molecule has 0 spiro atoms. The average molecular weight is 413 g/mol. The molecule has 29 heavy (non-hydrogen) atoms. The lowest BCUT2D eigenvalue weighted by molar-refractivity contribution is -0.139. The summed E-state index contributed by atoms with van der Waals surface area (Å²) in [6.45, 7) is 0. The molecule has 2 aromatic heterocycles. The predicted molar refractivity (Wildman–Crippen MR) is 96.3 cm³/mol. The molecule has 152 valence electrons. The Bertz CT molecular complexity index is 1240. The van der Waals surface area contributed by atoms with Gasteiger partial charge in [-0.15, -0.1) is 0 Å². The summed E-state index contributed by atoms with van der Waals surface area (Å²) in [5.74, 6) is -3.60. The van der Waals surface area contributed by atoms with E-state index in [0.29, 0.717) is 11.6 Å². The minimum atomic E-state index is -4.88. The van der Waals surface area contributed by atoms with Crippen LogP contribution in [-0.2, 0) is 6.18 Å². The van der Waals surface area contributed by atoms with Gasteiger partial charge in [-0.25, -0.2) is 22.8 Å². The Kier molecular flexibility index (Phi) is 4.14. The highest BCUT2D eigenvalue weighted by molar-refractivity contribution is 5.95. The summed E-state index contributed by atoms with van der Waals surface area (Å²) in [4.78, 5) is 6.86. The second-order valence-electron chi connectivity index (χ2n) is 6.52. The molecular weight excluding hydrogens is 400 g/mol. The largest absolute Gasteiger partial charge is 0.419 e. The molecule has 0 atom stereocenters. The van der Waals surface area contributed by atoms with E-state index in [2.05, 4.69) is 15.3 Å². The van der Waals surface area contributed by atoms with Crippen molar-refractivity contribution in [2.75, 3.05) is 24.4 Å². The van der Waals surface area contributed by atoms with E-state index in [9.17, 15) is 26.3 Å². The molecule has 0 saturated carbocycles. The lowest BCUT2D eigenvalue weighted by Crippen LogP contribution is -2.26. The number of nitrogens with zero attached hydrogens (tertiary/aromatic N) is 3. The fourth-order valence-electron chi connectivity index (χ4n) is 3.16. The van der Waals surface area contributed by atoms with Gasteiger partial charge >= 0.3 is 6.18 Å². The number of halogens is 6. The molecule has 4 aromatic rings. The lowest BCUT2D eigenvalue weighted by Gasteiger charge is -2.18. The number of rotatable bonds is 3. The Labute approximate surface area is 159 Å². The summed E-state index contributed by atoms with van der Waals surface area (Å²) in [6, 6.07) is 3.64. The maximum Gasteiger partial charge on any atom is 0.419 e. The first-order valence-corrected chi connectivity index (χ1v) is 8.27. The van der Waals surface area contributed by atoms with Crippen LogP contribution in [0.2, 0.25) is 0 Å². The molecule has 2 heterocycles. The molecule has 0 saturated heterocycles. The van der Waals surface area contributed by atoms with Crippen molar-refractivity contribution in [3.8, 4) is 0 Å². The molecule has 0 fully saturated rings. The summed E-state index contributed by atoms with van der Waals surface area (Å²) in [6.07, 6.45) is -3.51. The minimum Gasteiger partial charge on any atom is -0.359 e. The highest BCUT2D eigenvalue weighted by Gasteiger charge is 2.35. The monoisotopic (exact) mass is 413 g/mol. The van der Waals surface area contributed by atoms with Crippen molar-refractivity contribution < 1.29 is 26.3 Å². The van der Waals surface area contributed by atoms with Gasteiger partial charge in [0, 0.05) is 26.4 Å². The number of fused-ring (bicyclic) bond motifs is 2. The quantitative estimate of drug-likeness (QED) is 0.470. The van der Waals surface area contributed by atoms with Gasteiger partial charge in [0.05, 0.1) is 33.2 Å². The molecule has 0 amide bonds. The van der Waals surface area contributed by atoms with E-state index in [1.165, 1.54) is 21.9 Å². The van der Waals surface area contributed by atoms with Gasteiger partial charge in [0.1, 0.15) is 5.82 Å². The number of hydrogen-bond donors (Lipinski definition) is 2. The second kappa shape index (κ2) is 6.33. The molecule has 0 aliphatic carbocycles. The van der Waals surface area contributed by atoms with Crippen molar-refractivity contribution in [2.24, 2.45) is 0 Å². The smallest absolute Gasteiger partial charge is 0.359 e. The van der Waals surface area contributed by atoms with Gasteiger partial charge in [0.25, 0.3) is 0 Å². The summed E-state index contributed by atoms with van der Waals surface area (Å²) < 4.78 is 82.3. The first-order valence-electron chi connectivity index (χ1n) is 8.27. The molecule has 4 rings (SSSR count). The van der Waals surface area contributed by atoms with Crippen LogP contribution in [0.5, 0.6) is 0 Å². The maximum absolute atomic E-state index is 14.2. The Morgan fingerprint density at radius 3 is 2.45 bits per heavy atom. The molecule has 0 unspecified atom stereocenters. The number of benzene rings is 2. The number of aromatic nitrogens is 3. The summed E-state index contributed by atoms with van der Waals surface area (Å²) >= 11 is 0. The molecule has 0 aliphatic rings. The predicted octanol–water partition coefficient (Wildman–Crippen LogP) is 4.89. The van der Waals surface area contributed by atoms with Crippen molar-refractivity contribution in [2.45, 2.75) is 6.18 Å². The van der Waals surface area contributed by atoms with E-state index in [1.54, 1.807) is 14.1 Å². The van der Waals surface area contributed by atoms with E-state index in [1.807, 2.05) is 0 Å². The number of imidazole rings is 1. The Morgan fingerprint density at radius 2 is 1.79 bits per heavy atom. The fourth-order valence-corrected chi connectivity index (χ4v) is 3.16. The third kappa shape index (κ3) is 3.02. The summed E-state index contributed by atoms with van der Waals surface area (Å²) in [5, 5.41) is 4.16. The van der Waals surface area contributed by atoms with Crippen LogP contribution in [-0.4, -0.2) is 28.7 Å². The van der Waals surface area contributed by atoms with E-state index in [-0.39, 0.29) is 28.1 Å². The Morgan fingerprint density at radius 1 is 1.07 bits per heavy atom. The second-order valence-corrected chi connectivity index (χ2v) is 6.52. The van der Waals surface area contributed by atoms with Gasteiger partial charge in [-0.2, -0.15) is 13.2 Å². The van der Waals surface area contributed by atoms with Crippen LogP contribution in [0.25, 0.3) is 21.9 Å². The van der Waals surface area contributed by atoms with Gasteiger partial charge in [-0.3, -0.25) is 0 Å². The molecule has 2 aromatic carbocycles. The van der Waals surface area contributed by atoms with Gasteiger partial charge in [-0.05, 0) is 18.2 Å². The van der Waals surface area contributed by atoms with Crippen LogP contribution >= 0.6 is 0 Å². The SMILES string of the molecule is CN(C)n1c(Nc2c[nH]c3ccc(F)c(F)c23)nc2cc(C(F)(F)F)c(F)cc21. The molecular formula is C18H13F6N5. The standard InChI is InChI=1S/C18H13F6N5/c1-28(2)29-14-6-10(20)8(18(22,23)24)5-12(14)26-17(29)27-13-7-25-11-4-3-9(19)16(21)15(11)13/h3-7,25H,1-2H3,(H,26,27). The van der Waals surface area contributed by atoms with Crippen LogP contribution in [0.15, 0.2) is 30.5 Å².